The first-order valence-electron chi connectivity index (χ1n) is 7.94. The first-order chi connectivity index (χ1) is 10.9. The third-order valence-corrected chi connectivity index (χ3v) is 4.10. The number of carbonyl (C=O) groups excluding carboxylic acids is 2. The van der Waals surface area contributed by atoms with Crippen LogP contribution in [-0.4, -0.2) is 40.5 Å². The zero-order valence-corrected chi connectivity index (χ0v) is 13.8. The molecule has 1 aromatic carbocycles. The van der Waals surface area contributed by atoms with Crippen LogP contribution in [0.1, 0.15) is 36.8 Å². The summed E-state index contributed by atoms with van der Waals surface area (Å²) in [6, 6.07) is 7.92. The molecule has 122 valence electrons. The van der Waals surface area contributed by atoms with E-state index in [4.69, 9.17) is 4.74 Å². The van der Waals surface area contributed by atoms with Crippen molar-refractivity contribution in [1.82, 2.24) is 9.47 Å². The fourth-order valence-electron chi connectivity index (χ4n) is 3.12. The van der Waals surface area contributed by atoms with E-state index >= 15 is 0 Å². The standard InChI is InChI=1S/C18H22N2O3/c1-18(2,3)23-17(22)19-9-8-16-14(12-21)13-6-4-5-7-15(13)20(16)11-10-19/h4-7,12H,8-11H2,1-3H3. The Balaban J connectivity index is 1.89. The summed E-state index contributed by atoms with van der Waals surface area (Å²) in [6.07, 6.45) is 1.29. The van der Waals surface area contributed by atoms with Gasteiger partial charge < -0.3 is 14.2 Å². The van der Waals surface area contributed by atoms with Crippen molar-refractivity contribution >= 4 is 23.3 Å². The highest BCUT2D eigenvalue weighted by Crippen LogP contribution is 2.27. The SMILES string of the molecule is CC(C)(C)OC(=O)N1CCc2c(C=O)c3ccccc3n2CC1. The lowest BCUT2D eigenvalue weighted by Crippen LogP contribution is -2.38. The molecule has 1 aliphatic heterocycles. The summed E-state index contributed by atoms with van der Waals surface area (Å²) < 4.78 is 7.62. The summed E-state index contributed by atoms with van der Waals surface area (Å²) in [6.45, 7) is 7.41. The second-order valence-electron chi connectivity index (χ2n) is 6.86. The first-order valence-corrected chi connectivity index (χ1v) is 7.94. The van der Waals surface area contributed by atoms with Gasteiger partial charge in [0.05, 0.1) is 0 Å². The predicted octanol–water partition coefficient (Wildman–Crippen LogP) is 3.25. The maximum Gasteiger partial charge on any atom is 0.410 e. The Kier molecular flexibility index (Phi) is 3.88. The van der Waals surface area contributed by atoms with Gasteiger partial charge in [-0.15, -0.1) is 0 Å². The molecule has 2 aromatic rings. The molecule has 0 aliphatic carbocycles. The quantitative estimate of drug-likeness (QED) is 0.759. The number of benzene rings is 1. The maximum atomic E-state index is 12.3. The number of aldehydes is 1. The number of para-hydroxylation sites is 1. The number of amides is 1. The van der Waals surface area contributed by atoms with Gasteiger partial charge in [0.25, 0.3) is 0 Å². The van der Waals surface area contributed by atoms with Crippen LogP contribution in [0.3, 0.4) is 0 Å². The molecule has 0 N–H and O–H groups in total. The summed E-state index contributed by atoms with van der Waals surface area (Å²) in [5, 5.41) is 0.989. The van der Waals surface area contributed by atoms with Crippen LogP contribution in [0.25, 0.3) is 10.9 Å². The largest absolute Gasteiger partial charge is 0.444 e. The lowest BCUT2D eigenvalue weighted by Gasteiger charge is -2.26. The minimum atomic E-state index is -0.501. The third kappa shape index (κ3) is 2.96. The van der Waals surface area contributed by atoms with E-state index in [2.05, 4.69) is 4.57 Å². The lowest BCUT2D eigenvalue weighted by molar-refractivity contribution is 0.0254. The Morgan fingerprint density at radius 3 is 2.61 bits per heavy atom. The fraction of sp³-hybridized carbons (Fsp3) is 0.444. The average molecular weight is 314 g/mol. The highest BCUT2D eigenvalue weighted by molar-refractivity contribution is 5.99. The fourth-order valence-corrected chi connectivity index (χ4v) is 3.12. The van der Waals surface area contributed by atoms with Gasteiger partial charge in [0.15, 0.2) is 6.29 Å². The molecular weight excluding hydrogens is 292 g/mol. The summed E-state index contributed by atoms with van der Waals surface area (Å²) in [5.74, 6) is 0. The van der Waals surface area contributed by atoms with Crippen molar-refractivity contribution < 1.29 is 14.3 Å². The number of aromatic nitrogens is 1. The normalized spacial score (nSPS) is 15.2. The van der Waals surface area contributed by atoms with Gasteiger partial charge in [-0.3, -0.25) is 4.79 Å². The number of hydrogen-bond donors (Lipinski definition) is 0. The van der Waals surface area contributed by atoms with Gasteiger partial charge in [0, 0.05) is 48.2 Å². The molecule has 23 heavy (non-hydrogen) atoms. The molecule has 1 amide bonds. The van der Waals surface area contributed by atoms with Gasteiger partial charge in [-0.05, 0) is 26.8 Å². The topological polar surface area (TPSA) is 51.5 Å². The van der Waals surface area contributed by atoms with Crippen LogP contribution < -0.4 is 0 Å². The molecule has 2 heterocycles. The number of fused-ring (bicyclic) bond motifs is 3. The van der Waals surface area contributed by atoms with Crippen molar-refractivity contribution in [2.45, 2.75) is 39.3 Å². The molecule has 5 nitrogen and oxygen atoms in total. The van der Waals surface area contributed by atoms with Crippen LogP contribution in [0.2, 0.25) is 0 Å². The number of nitrogens with zero attached hydrogens (tertiary/aromatic N) is 2. The summed E-state index contributed by atoms with van der Waals surface area (Å²) >= 11 is 0. The number of rotatable bonds is 1. The molecule has 3 rings (SSSR count). The molecule has 0 fully saturated rings. The van der Waals surface area contributed by atoms with E-state index in [1.807, 2.05) is 45.0 Å². The van der Waals surface area contributed by atoms with Gasteiger partial charge in [0.1, 0.15) is 5.60 Å². The second kappa shape index (κ2) is 5.72. The van der Waals surface area contributed by atoms with E-state index in [1.54, 1.807) is 4.90 Å². The Morgan fingerprint density at radius 1 is 1.17 bits per heavy atom. The lowest BCUT2D eigenvalue weighted by atomic mass is 10.1. The molecule has 0 radical (unpaired) electrons. The van der Waals surface area contributed by atoms with E-state index in [1.165, 1.54) is 0 Å². The molecule has 0 saturated carbocycles. The van der Waals surface area contributed by atoms with Crippen LogP contribution in [0.4, 0.5) is 4.79 Å². The summed E-state index contributed by atoms with van der Waals surface area (Å²) in [4.78, 5) is 25.6. The van der Waals surface area contributed by atoms with Crippen LogP contribution in [0, 0.1) is 0 Å². The van der Waals surface area contributed by atoms with E-state index in [0.717, 1.165) is 28.4 Å². The Labute approximate surface area is 135 Å². The first kappa shape index (κ1) is 15.6. The summed E-state index contributed by atoms with van der Waals surface area (Å²) in [5.41, 5.74) is 2.30. The van der Waals surface area contributed by atoms with Crippen molar-refractivity contribution in [3.05, 3.63) is 35.5 Å². The highest BCUT2D eigenvalue weighted by Gasteiger charge is 2.26. The molecule has 1 aliphatic rings. The van der Waals surface area contributed by atoms with Gasteiger partial charge in [0.2, 0.25) is 0 Å². The average Bonchev–Trinajstić information content (AvgIpc) is 2.64. The minimum Gasteiger partial charge on any atom is -0.444 e. The Morgan fingerprint density at radius 2 is 1.91 bits per heavy atom. The maximum absolute atomic E-state index is 12.3. The second-order valence-corrected chi connectivity index (χ2v) is 6.86. The molecule has 0 spiro atoms. The molecule has 1 aromatic heterocycles. The number of hydrogen-bond acceptors (Lipinski definition) is 3. The van der Waals surface area contributed by atoms with Crippen LogP contribution >= 0.6 is 0 Å². The van der Waals surface area contributed by atoms with Crippen LogP contribution in [0.15, 0.2) is 24.3 Å². The molecule has 5 heteroatoms. The third-order valence-electron chi connectivity index (χ3n) is 4.10. The predicted molar refractivity (Wildman–Crippen MR) is 88.8 cm³/mol. The molecule has 0 unspecified atom stereocenters. The molecule has 0 bridgehead atoms. The van der Waals surface area contributed by atoms with E-state index in [0.29, 0.717) is 26.1 Å². The van der Waals surface area contributed by atoms with Crippen LogP contribution in [-0.2, 0) is 17.7 Å². The monoisotopic (exact) mass is 314 g/mol. The van der Waals surface area contributed by atoms with Gasteiger partial charge in [-0.1, -0.05) is 18.2 Å². The number of carbonyl (C=O) groups is 2. The van der Waals surface area contributed by atoms with Crippen LogP contribution in [0.5, 0.6) is 0 Å². The minimum absolute atomic E-state index is 0.291. The number of ether oxygens (including phenoxy) is 1. The zero-order valence-electron chi connectivity index (χ0n) is 13.8. The molecular formula is C18H22N2O3. The summed E-state index contributed by atoms with van der Waals surface area (Å²) in [7, 11) is 0. The van der Waals surface area contributed by atoms with E-state index < -0.39 is 5.60 Å². The van der Waals surface area contributed by atoms with Gasteiger partial charge in [-0.2, -0.15) is 0 Å². The Hall–Kier alpha value is -2.30. The van der Waals surface area contributed by atoms with Gasteiger partial charge in [-0.25, -0.2) is 4.79 Å². The highest BCUT2D eigenvalue weighted by atomic mass is 16.6. The Bertz CT molecular complexity index is 755. The zero-order chi connectivity index (χ0) is 16.6. The van der Waals surface area contributed by atoms with E-state index in [-0.39, 0.29) is 6.09 Å². The smallest absolute Gasteiger partial charge is 0.410 e. The van der Waals surface area contributed by atoms with E-state index in [9.17, 15) is 9.59 Å². The molecule has 0 saturated heterocycles. The van der Waals surface area contributed by atoms with Crippen molar-refractivity contribution in [1.29, 1.82) is 0 Å². The van der Waals surface area contributed by atoms with Crippen molar-refractivity contribution in [2.75, 3.05) is 13.1 Å². The van der Waals surface area contributed by atoms with Crippen molar-refractivity contribution in [2.24, 2.45) is 0 Å². The van der Waals surface area contributed by atoms with Crippen molar-refractivity contribution in [3.63, 3.8) is 0 Å². The van der Waals surface area contributed by atoms with Gasteiger partial charge >= 0.3 is 6.09 Å². The molecule has 0 atom stereocenters. The van der Waals surface area contributed by atoms with Crippen molar-refractivity contribution in [3.8, 4) is 0 Å².